The summed E-state index contributed by atoms with van der Waals surface area (Å²) in [5.41, 5.74) is 0. The Balaban J connectivity index is 2.20. The van der Waals surface area contributed by atoms with E-state index in [-0.39, 0.29) is 17.9 Å². The monoisotopic (exact) mass is 263 g/mol. The van der Waals surface area contributed by atoms with E-state index in [0.717, 1.165) is 32.1 Å². The number of alkyl halides is 3. The summed E-state index contributed by atoms with van der Waals surface area (Å²) in [6, 6.07) is 0.106. The van der Waals surface area contributed by atoms with Crippen LogP contribution in [0.15, 0.2) is 4.52 Å². The van der Waals surface area contributed by atoms with Gasteiger partial charge in [0.2, 0.25) is 5.89 Å². The second-order valence-corrected chi connectivity index (χ2v) is 4.59. The zero-order chi connectivity index (χ0) is 13.2. The summed E-state index contributed by atoms with van der Waals surface area (Å²) in [5.74, 6) is -1.21. The van der Waals surface area contributed by atoms with Crippen molar-refractivity contribution in [3.63, 3.8) is 0 Å². The molecule has 2 rings (SSSR count). The van der Waals surface area contributed by atoms with Crippen LogP contribution in [-0.2, 0) is 6.18 Å². The van der Waals surface area contributed by atoms with Crippen LogP contribution in [0.3, 0.4) is 0 Å². The Morgan fingerprint density at radius 1 is 1.22 bits per heavy atom. The highest BCUT2D eigenvalue weighted by atomic mass is 19.4. The summed E-state index contributed by atoms with van der Waals surface area (Å²) in [4.78, 5) is 3.50. The van der Waals surface area contributed by atoms with E-state index >= 15 is 0 Å². The Kier molecular flexibility index (Phi) is 3.89. The van der Waals surface area contributed by atoms with Crippen molar-refractivity contribution in [1.29, 1.82) is 0 Å². The lowest BCUT2D eigenvalue weighted by atomic mass is 9.95. The normalized spacial score (nSPS) is 26.0. The van der Waals surface area contributed by atoms with Gasteiger partial charge < -0.3 is 9.84 Å². The summed E-state index contributed by atoms with van der Waals surface area (Å²) in [6.07, 6.45) is 0.307. The highest BCUT2D eigenvalue weighted by Gasteiger charge is 2.39. The average Bonchev–Trinajstić information content (AvgIpc) is 2.68. The third-order valence-corrected chi connectivity index (χ3v) is 3.40. The van der Waals surface area contributed by atoms with E-state index in [1.54, 1.807) is 0 Å². The van der Waals surface area contributed by atoms with E-state index in [9.17, 15) is 13.2 Å². The van der Waals surface area contributed by atoms with Gasteiger partial charge in [0.05, 0.1) is 5.92 Å². The Morgan fingerprint density at radius 3 is 2.56 bits per heavy atom. The van der Waals surface area contributed by atoms with Gasteiger partial charge in [-0.1, -0.05) is 24.4 Å². The molecule has 0 amide bonds. The van der Waals surface area contributed by atoms with Gasteiger partial charge in [0.15, 0.2) is 0 Å². The van der Waals surface area contributed by atoms with Crippen molar-refractivity contribution in [2.45, 2.75) is 50.2 Å². The van der Waals surface area contributed by atoms with Gasteiger partial charge in [-0.15, -0.1) is 0 Å². The fourth-order valence-electron chi connectivity index (χ4n) is 2.45. The lowest BCUT2D eigenvalue weighted by Crippen LogP contribution is -2.31. The number of halogens is 3. The van der Waals surface area contributed by atoms with E-state index in [2.05, 4.69) is 15.5 Å². The van der Waals surface area contributed by atoms with Crippen LogP contribution in [0.2, 0.25) is 0 Å². The fourth-order valence-corrected chi connectivity index (χ4v) is 2.45. The molecule has 18 heavy (non-hydrogen) atoms. The number of hydrogen-bond acceptors (Lipinski definition) is 4. The smallest absolute Gasteiger partial charge is 0.339 e. The molecule has 1 N–H and O–H groups in total. The number of rotatable bonds is 2. The molecule has 0 bridgehead atoms. The molecule has 1 aliphatic rings. The number of hydrogen-bond donors (Lipinski definition) is 1. The van der Waals surface area contributed by atoms with Gasteiger partial charge in [-0.05, 0) is 19.9 Å². The molecule has 1 heterocycles. The van der Waals surface area contributed by atoms with Gasteiger partial charge in [-0.3, -0.25) is 0 Å². The molecule has 2 unspecified atom stereocenters. The predicted octanol–water partition coefficient (Wildman–Crippen LogP) is 2.72. The van der Waals surface area contributed by atoms with Crippen molar-refractivity contribution in [2.75, 3.05) is 7.05 Å². The summed E-state index contributed by atoms with van der Waals surface area (Å²) in [5, 5.41) is 6.15. The minimum atomic E-state index is -4.54. The van der Waals surface area contributed by atoms with E-state index < -0.39 is 12.0 Å². The van der Waals surface area contributed by atoms with Crippen molar-refractivity contribution in [1.82, 2.24) is 15.5 Å². The highest BCUT2D eigenvalue weighted by molar-refractivity contribution is 5.01. The number of aromatic nitrogens is 2. The molecule has 102 valence electrons. The van der Waals surface area contributed by atoms with Gasteiger partial charge in [-0.2, -0.15) is 18.2 Å². The summed E-state index contributed by atoms with van der Waals surface area (Å²) in [6.45, 7) is 0. The average molecular weight is 263 g/mol. The lowest BCUT2D eigenvalue weighted by molar-refractivity contribution is -0.146. The van der Waals surface area contributed by atoms with Gasteiger partial charge in [-0.25, -0.2) is 0 Å². The van der Waals surface area contributed by atoms with Crippen molar-refractivity contribution in [3.8, 4) is 0 Å². The fraction of sp³-hybridized carbons (Fsp3) is 0.818. The highest BCUT2D eigenvalue weighted by Crippen LogP contribution is 2.33. The molecule has 0 aromatic carbocycles. The van der Waals surface area contributed by atoms with E-state index in [0.29, 0.717) is 0 Å². The third-order valence-electron chi connectivity index (χ3n) is 3.40. The van der Waals surface area contributed by atoms with Crippen LogP contribution in [0.4, 0.5) is 13.2 Å². The first-order valence-electron chi connectivity index (χ1n) is 6.10. The van der Waals surface area contributed by atoms with Crippen LogP contribution >= 0.6 is 0 Å². The third kappa shape index (κ3) is 2.82. The zero-order valence-electron chi connectivity index (χ0n) is 10.1. The van der Waals surface area contributed by atoms with Crippen LogP contribution < -0.4 is 5.32 Å². The van der Waals surface area contributed by atoms with Gasteiger partial charge >= 0.3 is 6.18 Å². The maximum absolute atomic E-state index is 12.4. The first-order valence-corrected chi connectivity index (χ1v) is 6.10. The molecule has 1 aromatic heterocycles. The molecule has 2 atom stereocenters. The molecule has 7 heteroatoms. The Labute approximate surface area is 103 Å². The Morgan fingerprint density at radius 2 is 1.94 bits per heavy atom. The molecule has 1 saturated carbocycles. The minimum absolute atomic E-state index is 0.101. The molecule has 4 nitrogen and oxygen atoms in total. The van der Waals surface area contributed by atoms with Crippen molar-refractivity contribution in [3.05, 3.63) is 11.7 Å². The molecule has 0 saturated heterocycles. The molecule has 1 aliphatic carbocycles. The number of nitrogens with one attached hydrogen (secondary N) is 1. The predicted molar refractivity (Wildman–Crippen MR) is 58.0 cm³/mol. The first kappa shape index (κ1) is 13.3. The van der Waals surface area contributed by atoms with Crippen LogP contribution in [0, 0.1) is 0 Å². The molecule has 0 spiro atoms. The van der Waals surface area contributed by atoms with Crippen molar-refractivity contribution < 1.29 is 17.7 Å². The number of nitrogens with zero attached hydrogens (tertiary/aromatic N) is 2. The second-order valence-electron chi connectivity index (χ2n) is 4.59. The van der Waals surface area contributed by atoms with E-state index in [1.807, 2.05) is 7.05 Å². The van der Waals surface area contributed by atoms with Crippen LogP contribution in [0.1, 0.15) is 49.7 Å². The maximum Gasteiger partial charge on any atom is 0.455 e. The number of likely N-dealkylation sites (N-methyl/N-ethyl adjacent to an activating group) is 1. The maximum atomic E-state index is 12.4. The second kappa shape index (κ2) is 5.26. The van der Waals surface area contributed by atoms with Crippen molar-refractivity contribution in [2.24, 2.45) is 0 Å². The SMILES string of the molecule is CNC1CCCCCC1c1nc(C(F)(F)F)no1. The summed E-state index contributed by atoms with van der Waals surface area (Å²) >= 11 is 0. The minimum Gasteiger partial charge on any atom is -0.339 e. The molecule has 0 aliphatic heterocycles. The van der Waals surface area contributed by atoms with Crippen LogP contribution in [-0.4, -0.2) is 23.2 Å². The molecule has 1 aromatic rings. The largest absolute Gasteiger partial charge is 0.455 e. The molecule has 0 radical (unpaired) electrons. The summed E-state index contributed by atoms with van der Waals surface area (Å²) < 4.78 is 42.1. The topological polar surface area (TPSA) is 51.0 Å². The zero-order valence-corrected chi connectivity index (χ0v) is 10.1. The quantitative estimate of drug-likeness (QED) is 0.833. The van der Waals surface area contributed by atoms with Crippen LogP contribution in [0.25, 0.3) is 0 Å². The lowest BCUT2D eigenvalue weighted by Gasteiger charge is -2.20. The Bertz CT molecular complexity index is 391. The Hall–Kier alpha value is -1.11. The van der Waals surface area contributed by atoms with Gasteiger partial charge in [0, 0.05) is 6.04 Å². The van der Waals surface area contributed by atoms with Gasteiger partial charge in [0.1, 0.15) is 0 Å². The van der Waals surface area contributed by atoms with Gasteiger partial charge in [0.25, 0.3) is 5.82 Å². The summed E-state index contributed by atoms with van der Waals surface area (Å²) in [7, 11) is 1.81. The van der Waals surface area contributed by atoms with E-state index in [4.69, 9.17) is 4.52 Å². The standard InChI is InChI=1S/C11H16F3N3O/c1-15-8-6-4-2-3-5-7(8)9-16-10(17-18-9)11(12,13)14/h7-8,15H,2-6H2,1H3. The molecular formula is C11H16F3N3O. The first-order chi connectivity index (χ1) is 8.52. The van der Waals surface area contributed by atoms with E-state index in [1.165, 1.54) is 0 Å². The van der Waals surface area contributed by atoms with Crippen molar-refractivity contribution >= 4 is 0 Å². The van der Waals surface area contributed by atoms with Crippen LogP contribution in [0.5, 0.6) is 0 Å². The molecule has 1 fully saturated rings. The molecular weight excluding hydrogens is 247 g/mol.